The van der Waals surface area contributed by atoms with Crippen LogP contribution in [0, 0.1) is 0 Å². The number of thiazole rings is 1. The predicted molar refractivity (Wildman–Crippen MR) is 127 cm³/mol. The van der Waals surface area contributed by atoms with Crippen LogP contribution >= 0.6 is 23.1 Å². The minimum atomic E-state index is -0.125. The van der Waals surface area contributed by atoms with Crippen LogP contribution in [0.3, 0.4) is 0 Å². The molecular weight excluding hydrogens is 458 g/mol. The predicted octanol–water partition coefficient (Wildman–Crippen LogP) is 5.24. The number of amides is 1. The van der Waals surface area contributed by atoms with E-state index in [0.29, 0.717) is 34.8 Å². The Hall–Kier alpha value is -3.11. The van der Waals surface area contributed by atoms with E-state index in [1.165, 1.54) is 18.3 Å². The molecule has 8 nitrogen and oxygen atoms in total. The number of para-hydroxylation sites is 2. The zero-order chi connectivity index (χ0) is 22.8. The van der Waals surface area contributed by atoms with Crippen LogP contribution in [0.15, 0.2) is 57.6 Å². The van der Waals surface area contributed by atoms with E-state index < -0.39 is 0 Å². The highest BCUT2D eigenvalue weighted by Crippen LogP contribution is 2.41. The average Bonchev–Trinajstić information content (AvgIpc) is 3.18. The highest BCUT2D eigenvalue weighted by atomic mass is 32.2. The number of thioether (sulfide) groups is 1. The SMILES string of the molecule is COc1ccccc1N(C(C)=O)c1nc(CSc2nnc(C3CC3)n2Cc2ccco2)cs1. The molecule has 0 bridgehead atoms. The zero-order valence-corrected chi connectivity index (χ0v) is 19.9. The second kappa shape index (κ2) is 9.40. The van der Waals surface area contributed by atoms with E-state index in [0.717, 1.165) is 35.3 Å². The van der Waals surface area contributed by atoms with Gasteiger partial charge in [0.15, 0.2) is 10.3 Å². The number of hydrogen-bond donors (Lipinski definition) is 0. The summed E-state index contributed by atoms with van der Waals surface area (Å²) < 4.78 is 13.1. The summed E-state index contributed by atoms with van der Waals surface area (Å²) in [4.78, 5) is 18.8. The molecule has 0 saturated heterocycles. The number of carbonyl (C=O) groups is 1. The van der Waals surface area contributed by atoms with Gasteiger partial charge in [0.1, 0.15) is 17.3 Å². The number of methoxy groups -OCH3 is 1. The first kappa shape index (κ1) is 21.7. The number of ether oxygens (including phenoxy) is 1. The number of carbonyl (C=O) groups excluding carboxylic acids is 1. The molecule has 0 unspecified atom stereocenters. The van der Waals surface area contributed by atoms with Gasteiger partial charge in [-0.2, -0.15) is 0 Å². The Morgan fingerprint density at radius 3 is 2.85 bits per heavy atom. The van der Waals surface area contributed by atoms with Crippen LogP contribution in [0.2, 0.25) is 0 Å². The fourth-order valence-corrected chi connectivity index (χ4v) is 5.41. The molecule has 1 saturated carbocycles. The van der Waals surface area contributed by atoms with E-state index in [2.05, 4.69) is 14.8 Å². The van der Waals surface area contributed by atoms with Crippen molar-refractivity contribution in [3.63, 3.8) is 0 Å². The molecule has 0 N–H and O–H groups in total. The van der Waals surface area contributed by atoms with Crippen LogP contribution in [0.4, 0.5) is 10.8 Å². The summed E-state index contributed by atoms with van der Waals surface area (Å²) in [5.41, 5.74) is 1.55. The topological polar surface area (TPSA) is 86.3 Å². The van der Waals surface area contributed by atoms with E-state index in [1.54, 1.807) is 30.0 Å². The Morgan fingerprint density at radius 2 is 2.12 bits per heavy atom. The molecule has 1 aromatic carbocycles. The summed E-state index contributed by atoms with van der Waals surface area (Å²) in [6.07, 6.45) is 3.99. The molecule has 33 heavy (non-hydrogen) atoms. The molecule has 3 aromatic heterocycles. The summed E-state index contributed by atoms with van der Waals surface area (Å²) in [5, 5.41) is 12.3. The third kappa shape index (κ3) is 4.67. The standard InChI is InChI=1S/C23H23N5O3S2/c1-15(29)28(19-7-3-4-8-20(19)30-2)22-24-17(13-32-22)14-33-23-26-25-21(16-9-10-16)27(23)12-18-6-5-11-31-18/h3-8,11,13,16H,9-10,12,14H2,1-2H3. The van der Waals surface area contributed by atoms with Crippen LogP contribution in [-0.4, -0.2) is 32.8 Å². The molecule has 1 fully saturated rings. The van der Waals surface area contributed by atoms with Crippen LogP contribution in [0.5, 0.6) is 5.75 Å². The first-order valence-corrected chi connectivity index (χ1v) is 12.5. The van der Waals surface area contributed by atoms with Crippen molar-refractivity contribution in [1.29, 1.82) is 0 Å². The second-order valence-corrected chi connectivity index (χ2v) is 9.50. The highest BCUT2D eigenvalue weighted by Gasteiger charge is 2.31. The summed E-state index contributed by atoms with van der Waals surface area (Å²) in [6, 6.07) is 11.3. The van der Waals surface area contributed by atoms with Gasteiger partial charge >= 0.3 is 0 Å². The Bertz CT molecular complexity index is 1250. The van der Waals surface area contributed by atoms with Gasteiger partial charge in [0, 0.05) is 24.0 Å². The Morgan fingerprint density at radius 1 is 1.27 bits per heavy atom. The number of hydrogen-bond acceptors (Lipinski definition) is 8. The van der Waals surface area contributed by atoms with Crippen molar-refractivity contribution in [3.05, 3.63) is 65.3 Å². The van der Waals surface area contributed by atoms with Crippen molar-refractivity contribution in [3.8, 4) is 5.75 Å². The molecule has 1 aliphatic carbocycles. The van der Waals surface area contributed by atoms with Crippen LogP contribution in [0.25, 0.3) is 0 Å². The largest absolute Gasteiger partial charge is 0.495 e. The van der Waals surface area contributed by atoms with Crippen molar-refractivity contribution in [2.45, 2.75) is 43.1 Å². The Kier molecular flexibility index (Phi) is 6.19. The van der Waals surface area contributed by atoms with E-state index in [4.69, 9.17) is 14.1 Å². The fraction of sp³-hybridized carbons (Fsp3) is 0.304. The van der Waals surface area contributed by atoms with Crippen molar-refractivity contribution in [1.82, 2.24) is 19.7 Å². The molecular formula is C23H23N5O3S2. The first-order chi connectivity index (χ1) is 16.1. The van der Waals surface area contributed by atoms with Crippen molar-refractivity contribution in [2.24, 2.45) is 0 Å². The van der Waals surface area contributed by atoms with Gasteiger partial charge in [-0.05, 0) is 37.1 Å². The van der Waals surface area contributed by atoms with Gasteiger partial charge < -0.3 is 9.15 Å². The maximum Gasteiger partial charge on any atom is 0.230 e. The van der Waals surface area contributed by atoms with Crippen LogP contribution < -0.4 is 9.64 Å². The monoisotopic (exact) mass is 481 g/mol. The summed E-state index contributed by atoms with van der Waals surface area (Å²) in [6.45, 7) is 2.14. The maximum absolute atomic E-state index is 12.5. The van der Waals surface area contributed by atoms with E-state index in [9.17, 15) is 4.79 Å². The second-order valence-electron chi connectivity index (χ2n) is 7.72. The lowest BCUT2D eigenvalue weighted by Crippen LogP contribution is -2.23. The van der Waals surface area contributed by atoms with Gasteiger partial charge in [0.2, 0.25) is 5.91 Å². The number of furan rings is 1. The number of anilines is 2. The van der Waals surface area contributed by atoms with Gasteiger partial charge in [-0.1, -0.05) is 23.9 Å². The molecule has 1 aliphatic rings. The number of benzene rings is 1. The summed E-state index contributed by atoms with van der Waals surface area (Å²) in [7, 11) is 1.59. The van der Waals surface area contributed by atoms with E-state index in [1.807, 2.05) is 41.8 Å². The molecule has 0 spiro atoms. The number of nitrogens with zero attached hydrogens (tertiary/aromatic N) is 5. The zero-order valence-electron chi connectivity index (χ0n) is 18.3. The minimum absolute atomic E-state index is 0.125. The Labute approximate surface area is 199 Å². The number of aromatic nitrogens is 4. The maximum atomic E-state index is 12.5. The quantitative estimate of drug-likeness (QED) is 0.302. The van der Waals surface area contributed by atoms with Gasteiger partial charge in [-0.15, -0.1) is 21.5 Å². The van der Waals surface area contributed by atoms with Gasteiger partial charge in [0.25, 0.3) is 0 Å². The van der Waals surface area contributed by atoms with Gasteiger partial charge in [0.05, 0.1) is 31.3 Å². The lowest BCUT2D eigenvalue weighted by Gasteiger charge is -2.20. The minimum Gasteiger partial charge on any atom is -0.495 e. The van der Waals surface area contributed by atoms with Gasteiger partial charge in [-0.3, -0.25) is 14.3 Å². The lowest BCUT2D eigenvalue weighted by atomic mass is 10.2. The third-order valence-electron chi connectivity index (χ3n) is 5.30. The van der Waals surface area contributed by atoms with Crippen LogP contribution in [0.1, 0.15) is 43.0 Å². The third-order valence-corrected chi connectivity index (χ3v) is 7.18. The average molecular weight is 482 g/mol. The molecule has 1 amide bonds. The lowest BCUT2D eigenvalue weighted by molar-refractivity contribution is -0.115. The molecule has 170 valence electrons. The molecule has 4 aromatic rings. The van der Waals surface area contributed by atoms with Gasteiger partial charge in [-0.25, -0.2) is 4.98 Å². The van der Waals surface area contributed by atoms with Crippen molar-refractivity contribution < 1.29 is 13.9 Å². The molecule has 0 aliphatic heterocycles. The summed E-state index contributed by atoms with van der Waals surface area (Å²) in [5.74, 6) is 3.50. The highest BCUT2D eigenvalue weighted by molar-refractivity contribution is 7.98. The normalized spacial score (nSPS) is 13.3. The fourth-order valence-electron chi connectivity index (χ4n) is 3.58. The Balaban J connectivity index is 1.35. The van der Waals surface area contributed by atoms with Crippen molar-refractivity contribution >= 4 is 39.8 Å². The molecule has 5 rings (SSSR count). The van der Waals surface area contributed by atoms with Crippen LogP contribution in [-0.2, 0) is 17.1 Å². The summed E-state index contributed by atoms with van der Waals surface area (Å²) >= 11 is 3.02. The molecule has 0 radical (unpaired) electrons. The molecule has 3 heterocycles. The van der Waals surface area contributed by atoms with Crippen molar-refractivity contribution in [2.75, 3.05) is 12.0 Å². The van der Waals surface area contributed by atoms with E-state index in [-0.39, 0.29) is 5.91 Å². The molecule has 10 heteroatoms. The first-order valence-electron chi connectivity index (χ1n) is 10.6. The number of rotatable bonds is 9. The molecule has 0 atom stereocenters. The smallest absolute Gasteiger partial charge is 0.230 e. The van der Waals surface area contributed by atoms with E-state index >= 15 is 0 Å².